The molecule has 2 aromatic heterocycles. The number of aromatic amines is 1. The highest BCUT2D eigenvalue weighted by Gasteiger charge is 2.44. The Morgan fingerprint density at radius 2 is 2.10 bits per heavy atom. The minimum absolute atomic E-state index is 0.0998. The third-order valence-corrected chi connectivity index (χ3v) is 3.34. The topological polar surface area (TPSA) is 161 Å². The van der Waals surface area contributed by atoms with E-state index in [9.17, 15) is 15.4 Å². The number of aromatic nitrogens is 4. The number of nitrogens with one attached hydrogen (secondary N) is 2. The van der Waals surface area contributed by atoms with E-state index in [1.807, 2.05) is 0 Å². The summed E-state index contributed by atoms with van der Waals surface area (Å²) in [6.07, 6.45) is -3.33. The summed E-state index contributed by atoms with van der Waals surface area (Å²) in [7, 11) is 0. The van der Waals surface area contributed by atoms with Crippen LogP contribution in [0.5, 0.6) is 0 Å². The van der Waals surface area contributed by atoms with Gasteiger partial charge in [0.25, 0.3) is 0 Å². The van der Waals surface area contributed by atoms with Crippen molar-refractivity contribution in [1.82, 2.24) is 19.9 Å². The molecule has 20 heavy (non-hydrogen) atoms. The van der Waals surface area contributed by atoms with E-state index in [1.165, 1.54) is 0 Å². The van der Waals surface area contributed by atoms with Gasteiger partial charge in [-0.15, -0.1) is 0 Å². The Hall–Kier alpha value is -2.01. The molecule has 108 valence electrons. The average Bonchev–Trinajstić information content (AvgIpc) is 2.98. The van der Waals surface area contributed by atoms with Crippen LogP contribution in [0.25, 0.3) is 11.0 Å². The molecule has 0 unspecified atom stereocenters. The van der Waals surface area contributed by atoms with Crippen LogP contribution in [0.2, 0.25) is 0 Å². The molecule has 1 saturated heterocycles. The Balaban J connectivity index is 2.08. The Bertz CT molecular complexity index is 697. The van der Waals surface area contributed by atoms with Gasteiger partial charge in [0.15, 0.2) is 11.0 Å². The number of fused-ring (bicyclic) bond motifs is 1. The van der Waals surface area contributed by atoms with Gasteiger partial charge in [-0.3, -0.25) is 10.5 Å². The van der Waals surface area contributed by atoms with Crippen LogP contribution < -0.4 is 5.49 Å². The number of rotatable bonds is 2. The van der Waals surface area contributed by atoms with E-state index in [2.05, 4.69) is 15.2 Å². The summed E-state index contributed by atoms with van der Waals surface area (Å²) in [4.78, 5) is 3.92. The summed E-state index contributed by atoms with van der Waals surface area (Å²) in [5.74, 6) is 0. The molecule has 1 aliphatic heterocycles. The zero-order valence-corrected chi connectivity index (χ0v) is 10.1. The maximum absolute atomic E-state index is 9.95. The van der Waals surface area contributed by atoms with Crippen LogP contribution in [0, 0.1) is 5.41 Å². The maximum atomic E-state index is 9.95. The van der Waals surface area contributed by atoms with Crippen molar-refractivity contribution in [3.8, 4) is 0 Å². The molecule has 3 heterocycles. The Labute approximate surface area is 111 Å². The zero-order valence-electron chi connectivity index (χ0n) is 10.1. The fourth-order valence-electron chi connectivity index (χ4n) is 2.26. The standard InChI is InChI=1S/C10H13N5O5/c11-10-6-4(12-2-15(10)19)5(13-14-6)9-8(18)7(17)3(1-16)20-9/h2-3,7-9,11,16-19H,1H2,(H,13,14)/t3-,7-,8-,9+/m1/s1. The van der Waals surface area contributed by atoms with Crippen molar-refractivity contribution < 1.29 is 25.3 Å². The molecule has 0 bridgehead atoms. The molecule has 4 atom stereocenters. The van der Waals surface area contributed by atoms with Crippen LogP contribution in [-0.4, -0.2) is 65.4 Å². The third kappa shape index (κ3) is 1.70. The number of hydrogen-bond acceptors (Lipinski definition) is 8. The summed E-state index contributed by atoms with van der Waals surface area (Å²) in [6, 6.07) is 0. The monoisotopic (exact) mass is 283 g/mol. The molecule has 1 aliphatic rings. The summed E-state index contributed by atoms with van der Waals surface area (Å²) in [5.41, 5.74) is 0.346. The van der Waals surface area contributed by atoms with Crippen molar-refractivity contribution in [1.29, 1.82) is 5.41 Å². The summed E-state index contributed by atoms with van der Waals surface area (Å²) >= 11 is 0. The number of hydrogen-bond donors (Lipinski definition) is 6. The lowest BCUT2D eigenvalue weighted by atomic mass is 10.1. The first kappa shape index (κ1) is 13.0. The second kappa shape index (κ2) is 4.52. The van der Waals surface area contributed by atoms with Crippen molar-refractivity contribution in [3.05, 3.63) is 17.5 Å². The first-order valence-corrected chi connectivity index (χ1v) is 5.86. The molecular weight excluding hydrogens is 270 g/mol. The first-order chi connectivity index (χ1) is 9.54. The molecule has 0 amide bonds. The van der Waals surface area contributed by atoms with E-state index in [4.69, 9.17) is 15.3 Å². The smallest absolute Gasteiger partial charge is 0.192 e. The lowest BCUT2D eigenvalue weighted by molar-refractivity contribution is -0.0236. The van der Waals surface area contributed by atoms with Gasteiger partial charge in [0.1, 0.15) is 36.3 Å². The third-order valence-electron chi connectivity index (χ3n) is 3.34. The second-order valence-corrected chi connectivity index (χ2v) is 4.53. The van der Waals surface area contributed by atoms with Crippen molar-refractivity contribution in [2.45, 2.75) is 24.4 Å². The predicted molar refractivity (Wildman–Crippen MR) is 61.6 cm³/mol. The van der Waals surface area contributed by atoms with E-state index in [1.54, 1.807) is 0 Å². The molecular formula is C10H13N5O5. The van der Waals surface area contributed by atoms with Crippen molar-refractivity contribution in [3.63, 3.8) is 0 Å². The van der Waals surface area contributed by atoms with Gasteiger partial charge in [-0.2, -0.15) is 9.83 Å². The number of aliphatic hydroxyl groups excluding tert-OH is 3. The number of aliphatic hydroxyl groups is 3. The lowest BCUT2D eigenvalue weighted by Crippen LogP contribution is -2.32. The molecule has 6 N–H and O–H groups in total. The fourth-order valence-corrected chi connectivity index (χ4v) is 2.26. The van der Waals surface area contributed by atoms with Gasteiger partial charge >= 0.3 is 0 Å². The Morgan fingerprint density at radius 1 is 1.35 bits per heavy atom. The largest absolute Gasteiger partial charge is 0.425 e. The number of ether oxygens (including phenoxy) is 1. The van der Waals surface area contributed by atoms with E-state index >= 15 is 0 Å². The first-order valence-electron chi connectivity index (χ1n) is 5.86. The van der Waals surface area contributed by atoms with Crippen LogP contribution in [0.15, 0.2) is 6.33 Å². The van der Waals surface area contributed by atoms with Gasteiger partial charge in [0.2, 0.25) is 0 Å². The van der Waals surface area contributed by atoms with Gasteiger partial charge in [-0.25, -0.2) is 4.98 Å². The molecule has 0 radical (unpaired) electrons. The predicted octanol–water partition coefficient (Wildman–Crippen LogP) is -2.37. The van der Waals surface area contributed by atoms with E-state index in [-0.39, 0.29) is 22.2 Å². The van der Waals surface area contributed by atoms with Crippen LogP contribution in [-0.2, 0) is 4.74 Å². The fraction of sp³-hybridized carbons (Fsp3) is 0.500. The highest BCUT2D eigenvalue weighted by molar-refractivity contribution is 5.75. The quantitative estimate of drug-likeness (QED) is 0.336. The lowest BCUT2D eigenvalue weighted by Gasteiger charge is -2.12. The maximum Gasteiger partial charge on any atom is 0.192 e. The van der Waals surface area contributed by atoms with Crippen molar-refractivity contribution in [2.24, 2.45) is 0 Å². The average molecular weight is 283 g/mol. The zero-order chi connectivity index (χ0) is 14.4. The SMILES string of the molecule is N=c1c2n[nH]c([C@@H]3O[C@H](CO)[C@@H](O)[C@H]3O)c2ncn1O. The second-order valence-electron chi connectivity index (χ2n) is 4.53. The highest BCUT2D eigenvalue weighted by Crippen LogP contribution is 2.34. The van der Waals surface area contributed by atoms with Crippen LogP contribution in [0.3, 0.4) is 0 Å². The van der Waals surface area contributed by atoms with Crippen molar-refractivity contribution >= 4 is 11.0 Å². The minimum atomic E-state index is -1.26. The molecule has 1 fully saturated rings. The Kier molecular flexibility index (Phi) is 2.94. The van der Waals surface area contributed by atoms with Gasteiger partial charge in [0, 0.05) is 0 Å². The van der Waals surface area contributed by atoms with Gasteiger partial charge in [-0.05, 0) is 0 Å². The molecule has 10 nitrogen and oxygen atoms in total. The number of H-pyrrole nitrogens is 1. The van der Waals surface area contributed by atoms with Crippen LogP contribution in [0.1, 0.15) is 11.8 Å². The number of nitrogens with zero attached hydrogens (tertiary/aromatic N) is 3. The minimum Gasteiger partial charge on any atom is -0.425 e. The Morgan fingerprint density at radius 3 is 2.75 bits per heavy atom. The molecule has 3 rings (SSSR count). The summed E-state index contributed by atoms with van der Waals surface area (Å²) < 4.78 is 5.87. The van der Waals surface area contributed by atoms with E-state index in [0.717, 1.165) is 6.33 Å². The molecule has 2 aromatic rings. The highest BCUT2D eigenvalue weighted by atomic mass is 16.6. The molecule has 0 saturated carbocycles. The van der Waals surface area contributed by atoms with Gasteiger partial charge < -0.3 is 25.3 Å². The van der Waals surface area contributed by atoms with E-state index in [0.29, 0.717) is 4.73 Å². The van der Waals surface area contributed by atoms with E-state index < -0.39 is 31.0 Å². The normalized spacial score (nSPS) is 30.1. The summed E-state index contributed by atoms with van der Waals surface area (Å²) in [5, 5.41) is 52.1. The van der Waals surface area contributed by atoms with Gasteiger partial charge in [0.05, 0.1) is 12.3 Å². The van der Waals surface area contributed by atoms with Crippen LogP contribution >= 0.6 is 0 Å². The molecule has 0 aromatic carbocycles. The molecule has 0 aliphatic carbocycles. The summed E-state index contributed by atoms with van der Waals surface area (Å²) in [6.45, 7) is -0.436. The van der Waals surface area contributed by atoms with Gasteiger partial charge in [-0.1, -0.05) is 0 Å². The van der Waals surface area contributed by atoms with Crippen LogP contribution in [0.4, 0.5) is 0 Å². The van der Waals surface area contributed by atoms with Crippen molar-refractivity contribution in [2.75, 3.05) is 6.61 Å². The molecule has 10 heteroatoms. The molecule has 0 spiro atoms.